The zero-order valence-electron chi connectivity index (χ0n) is 14.4. The normalized spacial score (nSPS) is 28.0. The molecule has 0 aromatic carbocycles. The van der Waals surface area contributed by atoms with E-state index in [1.807, 2.05) is 17.0 Å². The minimum Gasteiger partial charge on any atom is -0.379 e. The van der Waals surface area contributed by atoms with Crippen LogP contribution in [0.5, 0.6) is 0 Å². The predicted molar refractivity (Wildman–Crippen MR) is 92.3 cm³/mol. The van der Waals surface area contributed by atoms with Gasteiger partial charge in [0.15, 0.2) is 0 Å². The lowest BCUT2D eigenvalue weighted by Gasteiger charge is -2.32. The van der Waals surface area contributed by atoms with E-state index in [-0.39, 0.29) is 11.9 Å². The zero-order chi connectivity index (χ0) is 16.5. The fourth-order valence-electron chi connectivity index (χ4n) is 4.22. The summed E-state index contributed by atoms with van der Waals surface area (Å²) in [6, 6.07) is 4.06. The van der Waals surface area contributed by atoms with E-state index in [0.717, 1.165) is 63.6 Å². The molecule has 0 spiro atoms. The van der Waals surface area contributed by atoms with Gasteiger partial charge in [-0.15, -0.1) is 0 Å². The van der Waals surface area contributed by atoms with Crippen molar-refractivity contribution in [3.05, 3.63) is 23.9 Å². The van der Waals surface area contributed by atoms with Gasteiger partial charge in [-0.2, -0.15) is 0 Å². The average molecular weight is 330 g/mol. The van der Waals surface area contributed by atoms with Crippen LogP contribution in [0.25, 0.3) is 0 Å². The summed E-state index contributed by atoms with van der Waals surface area (Å²) in [5, 5.41) is 0. The third-order valence-electron chi connectivity index (χ3n) is 5.33. The van der Waals surface area contributed by atoms with Crippen LogP contribution in [0, 0.1) is 5.92 Å². The summed E-state index contributed by atoms with van der Waals surface area (Å²) < 4.78 is 5.87. The molecule has 6 nitrogen and oxygen atoms in total. The topological polar surface area (TPSA) is 48.9 Å². The highest BCUT2D eigenvalue weighted by Gasteiger charge is 2.35. The van der Waals surface area contributed by atoms with Gasteiger partial charge in [0.25, 0.3) is 5.91 Å². The van der Waals surface area contributed by atoms with Gasteiger partial charge in [0.1, 0.15) is 5.82 Å². The number of ether oxygens (including phenoxy) is 1. The third-order valence-corrected chi connectivity index (χ3v) is 5.33. The largest absolute Gasteiger partial charge is 0.379 e. The van der Waals surface area contributed by atoms with Gasteiger partial charge >= 0.3 is 0 Å². The standard InChI is InChI=1S/C18H26N4O2/c1-20-9-14-10-22(15(11-20)13-24-12-14)17-16(5-4-6-19-17)18(23)21-7-2-3-8-21/h4-6,14-15H,2-3,7-13H2,1H3/t14-,15-/m0/s1. The fourth-order valence-corrected chi connectivity index (χ4v) is 4.22. The number of likely N-dealkylation sites (N-methyl/N-ethyl adjacent to an activating group) is 1. The maximum absolute atomic E-state index is 13.0. The molecule has 3 saturated heterocycles. The molecule has 0 unspecified atom stereocenters. The van der Waals surface area contributed by atoms with Gasteiger partial charge in [0.2, 0.25) is 0 Å². The molecule has 4 heterocycles. The Labute approximate surface area is 143 Å². The molecule has 2 bridgehead atoms. The molecule has 4 rings (SSSR count). The molecule has 0 saturated carbocycles. The van der Waals surface area contributed by atoms with E-state index in [0.29, 0.717) is 12.5 Å². The van der Waals surface area contributed by atoms with Crippen molar-refractivity contribution in [3.8, 4) is 0 Å². The highest BCUT2D eigenvalue weighted by Crippen LogP contribution is 2.28. The van der Waals surface area contributed by atoms with Crippen molar-refractivity contribution in [2.24, 2.45) is 5.92 Å². The number of likely N-dealkylation sites (tertiary alicyclic amines) is 1. The number of carbonyl (C=O) groups excluding carboxylic acids is 1. The van der Waals surface area contributed by atoms with Crippen LogP contribution in [-0.2, 0) is 4.74 Å². The monoisotopic (exact) mass is 330 g/mol. The van der Waals surface area contributed by atoms with Gasteiger partial charge in [-0.25, -0.2) is 4.98 Å². The minimum absolute atomic E-state index is 0.128. The molecule has 1 aromatic heterocycles. The number of pyridine rings is 1. The van der Waals surface area contributed by atoms with Crippen molar-refractivity contribution >= 4 is 11.7 Å². The van der Waals surface area contributed by atoms with Crippen molar-refractivity contribution in [2.45, 2.75) is 18.9 Å². The van der Waals surface area contributed by atoms with Crippen LogP contribution in [0.4, 0.5) is 5.82 Å². The van der Waals surface area contributed by atoms with Crippen LogP contribution in [0.15, 0.2) is 18.3 Å². The highest BCUT2D eigenvalue weighted by atomic mass is 16.5. The second-order valence-corrected chi connectivity index (χ2v) is 7.30. The highest BCUT2D eigenvalue weighted by molar-refractivity contribution is 5.99. The Morgan fingerprint density at radius 1 is 1.21 bits per heavy atom. The van der Waals surface area contributed by atoms with E-state index in [4.69, 9.17) is 4.74 Å². The summed E-state index contributed by atoms with van der Waals surface area (Å²) in [6.07, 6.45) is 4.01. The fraction of sp³-hybridized carbons (Fsp3) is 0.667. The number of carbonyl (C=O) groups is 1. The molecule has 1 aromatic rings. The maximum atomic E-state index is 13.0. The number of hydrogen-bond donors (Lipinski definition) is 0. The van der Waals surface area contributed by atoms with E-state index in [1.165, 1.54) is 0 Å². The number of rotatable bonds is 2. The summed E-state index contributed by atoms with van der Waals surface area (Å²) >= 11 is 0. The molecule has 1 amide bonds. The van der Waals surface area contributed by atoms with E-state index >= 15 is 0 Å². The van der Waals surface area contributed by atoms with E-state index in [9.17, 15) is 4.79 Å². The Morgan fingerprint density at radius 2 is 2.04 bits per heavy atom. The molecule has 3 aliphatic rings. The van der Waals surface area contributed by atoms with Crippen molar-refractivity contribution in [3.63, 3.8) is 0 Å². The Bertz CT molecular complexity index is 602. The van der Waals surface area contributed by atoms with E-state index in [1.54, 1.807) is 6.20 Å². The Balaban J connectivity index is 1.67. The van der Waals surface area contributed by atoms with Gasteiger partial charge in [0.05, 0.1) is 24.8 Å². The zero-order valence-corrected chi connectivity index (χ0v) is 14.4. The molecular formula is C18H26N4O2. The molecule has 0 N–H and O–H groups in total. The number of aromatic nitrogens is 1. The van der Waals surface area contributed by atoms with E-state index < -0.39 is 0 Å². The first kappa shape index (κ1) is 15.8. The van der Waals surface area contributed by atoms with Crippen LogP contribution in [0.3, 0.4) is 0 Å². The smallest absolute Gasteiger partial charge is 0.257 e. The quantitative estimate of drug-likeness (QED) is 0.812. The van der Waals surface area contributed by atoms with E-state index in [2.05, 4.69) is 21.8 Å². The molecule has 3 aliphatic heterocycles. The average Bonchev–Trinajstić information content (AvgIpc) is 2.98. The first-order chi connectivity index (χ1) is 11.7. The number of nitrogens with zero attached hydrogens (tertiary/aromatic N) is 4. The van der Waals surface area contributed by atoms with Crippen LogP contribution in [0.1, 0.15) is 23.2 Å². The van der Waals surface area contributed by atoms with Crippen molar-refractivity contribution in [1.82, 2.24) is 14.8 Å². The molecule has 24 heavy (non-hydrogen) atoms. The first-order valence-corrected chi connectivity index (χ1v) is 8.99. The van der Waals surface area contributed by atoms with Crippen molar-refractivity contribution < 1.29 is 9.53 Å². The lowest BCUT2D eigenvalue weighted by atomic mass is 10.1. The minimum atomic E-state index is 0.128. The van der Waals surface area contributed by atoms with Crippen LogP contribution < -0.4 is 4.90 Å². The molecule has 130 valence electrons. The Kier molecular flexibility index (Phi) is 4.41. The second-order valence-electron chi connectivity index (χ2n) is 7.30. The summed E-state index contributed by atoms with van der Waals surface area (Å²) in [7, 11) is 2.17. The molecule has 2 atom stereocenters. The molecule has 0 radical (unpaired) electrons. The molecule has 3 fully saturated rings. The number of hydrogen-bond acceptors (Lipinski definition) is 5. The Morgan fingerprint density at radius 3 is 2.88 bits per heavy atom. The van der Waals surface area contributed by atoms with Crippen LogP contribution in [0.2, 0.25) is 0 Å². The van der Waals surface area contributed by atoms with Gasteiger partial charge in [-0.05, 0) is 32.0 Å². The molecule has 0 aliphatic carbocycles. The SMILES string of the molecule is CN1C[C@@H]2COC[C@H](C1)N(c1ncccc1C(=O)N1CCCC1)C2. The summed E-state index contributed by atoms with van der Waals surface area (Å²) in [6.45, 7) is 6.12. The second kappa shape index (κ2) is 6.69. The third kappa shape index (κ3) is 3.00. The van der Waals surface area contributed by atoms with Gasteiger partial charge in [-0.3, -0.25) is 4.79 Å². The first-order valence-electron chi connectivity index (χ1n) is 8.99. The summed E-state index contributed by atoms with van der Waals surface area (Å²) in [5.74, 6) is 1.42. The number of anilines is 1. The number of fused-ring (bicyclic) bond motifs is 3. The van der Waals surface area contributed by atoms with Crippen molar-refractivity contribution in [1.29, 1.82) is 0 Å². The van der Waals surface area contributed by atoms with Crippen LogP contribution in [-0.4, -0.2) is 79.7 Å². The van der Waals surface area contributed by atoms with Gasteiger partial charge in [-0.1, -0.05) is 0 Å². The molecular weight excluding hydrogens is 304 g/mol. The summed E-state index contributed by atoms with van der Waals surface area (Å²) in [4.78, 5) is 24.3. The molecule has 6 heteroatoms. The van der Waals surface area contributed by atoms with Gasteiger partial charge < -0.3 is 19.4 Å². The van der Waals surface area contributed by atoms with Crippen molar-refractivity contribution in [2.75, 3.05) is 57.9 Å². The summed E-state index contributed by atoms with van der Waals surface area (Å²) in [5.41, 5.74) is 0.745. The number of amides is 1. The maximum Gasteiger partial charge on any atom is 0.257 e. The lowest BCUT2D eigenvalue weighted by molar-refractivity contribution is 0.0723. The predicted octanol–water partition coefficient (Wildman–Crippen LogP) is 1.08. The lowest BCUT2D eigenvalue weighted by Crippen LogP contribution is -2.44. The van der Waals surface area contributed by atoms with Crippen LogP contribution >= 0.6 is 0 Å². The van der Waals surface area contributed by atoms with Gasteiger partial charge in [0, 0.05) is 44.8 Å². The Hall–Kier alpha value is -1.66.